The first-order valence-electron chi connectivity index (χ1n) is 6.60. The van der Waals surface area contributed by atoms with Gasteiger partial charge in [0.1, 0.15) is 11.5 Å². The third-order valence-corrected chi connectivity index (χ3v) is 3.86. The van der Waals surface area contributed by atoms with Crippen molar-refractivity contribution >= 4 is 34.8 Å². The molecular formula is C16H16Cl3NO. The molecule has 0 radical (unpaired) electrons. The van der Waals surface area contributed by atoms with Crippen molar-refractivity contribution in [2.45, 2.75) is 26.4 Å². The number of rotatable bonds is 5. The number of ether oxygens (including phenoxy) is 1. The molecule has 0 bridgehead atoms. The van der Waals surface area contributed by atoms with E-state index in [2.05, 4.69) is 19.2 Å². The Morgan fingerprint density at radius 1 is 0.952 bits per heavy atom. The molecule has 5 heteroatoms. The van der Waals surface area contributed by atoms with Gasteiger partial charge < -0.3 is 10.1 Å². The zero-order valence-electron chi connectivity index (χ0n) is 11.8. The van der Waals surface area contributed by atoms with Gasteiger partial charge in [-0.05, 0) is 23.8 Å². The third kappa shape index (κ3) is 4.79. The van der Waals surface area contributed by atoms with Crippen LogP contribution in [0.1, 0.15) is 19.4 Å². The molecule has 2 rings (SSSR count). The predicted molar refractivity (Wildman–Crippen MR) is 90.0 cm³/mol. The van der Waals surface area contributed by atoms with Crippen LogP contribution in [-0.4, -0.2) is 6.04 Å². The van der Waals surface area contributed by atoms with Gasteiger partial charge in [-0.3, -0.25) is 0 Å². The zero-order chi connectivity index (χ0) is 15.4. The van der Waals surface area contributed by atoms with Gasteiger partial charge >= 0.3 is 0 Å². The average molecular weight is 345 g/mol. The fraction of sp³-hybridized carbons (Fsp3) is 0.250. The van der Waals surface area contributed by atoms with E-state index >= 15 is 0 Å². The molecule has 0 aliphatic carbocycles. The van der Waals surface area contributed by atoms with Crippen LogP contribution < -0.4 is 10.1 Å². The molecule has 0 spiro atoms. The molecule has 0 aromatic heterocycles. The van der Waals surface area contributed by atoms with Gasteiger partial charge in [0, 0.05) is 18.7 Å². The Kier molecular flexibility index (Phi) is 5.77. The highest BCUT2D eigenvalue weighted by atomic mass is 35.5. The molecule has 0 unspecified atom stereocenters. The van der Waals surface area contributed by atoms with Crippen LogP contribution in [0.3, 0.4) is 0 Å². The van der Waals surface area contributed by atoms with E-state index in [0.717, 1.165) is 6.54 Å². The molecule has 0 aliphatic heterocycles. The molecule has 1 N–H and O–H groups in total. The highest BCUT2D eigenvalue weighted by Gasteiger charge is 2.08. The molecule has 112 valence electrons. The smallest absolute Gasteiger partial charge is 0.147 e. The monoisotopic (exact) mass is 343 g/mol. The SMILES string of the molecule is CC(C)NCc1ccc(Oc2cc(Cl)c(Cl)cc2Cl)cc1. The van der Waals surface area contributed by atoms with Crippen molar-refractivity contribution < 1.29 is 4.74 Å². The third-order valence-electron chi connectivity index (χ3n) is 2.84. The second kappa shape index (κ2) is 7.37. The second-order valence-electron chi connectivity index (χ2n) is 4.98. The van der Waals surface area contributed by atoms with Crippen molar-refractivity contribution in [2.75, 3.05) is 0 Å². The van der Waals surface area contributed by atoms with Crippen molar-refractivity contribution in [1.82, 2.24) is 5.32 Å². The fourth-order valence-corrected chi connectivity index (χ4v) is 2.28. The molecular weight excluding hydrogens is 329 g/mol. The summed E-state index contributed by atoms with van der Waals surface area (Å²) in [5, 5.41) is 4.60. The zero-order valence-corrected chi connectivity index (χ0v) is 14.1. The summed E-state index contributed by atoms with van der Waals surface area (Å²) in [4.78, 5) is 0. The van der Waals surface area contributed by atoms with E-state index in [1.54, 1.807) is 12.1 Å². The van der Waals surface area contributed by atoms with Crippen LogP contribution in [0.5, 0.6) is 11.5 Å². The van der Waals surface area contributed by atoms with E-state index in [-0.39, 0.29) is 0 Å². The molecule has 0 aliphatic rings. The number of halogens is 3. The Morgan fingerprint density at radius 2 is 1.57 bits per heavy atom. The molecule has 0 atom stereocenters. The molecule has 0 fully saturated rings. The number of nitrogens with one attached hydrogen (secondary N) is 1. The van der Waals surface area contributed by atoms with E-state index in [0.29, 0.717) is 32.6 Å². The van der Waals surface area contributed by atoms with Crippen LogP contribution in [0.15, 0.2) is 36.4 Å². The van der Waals surface area contributed by atoms with E-state index in [9.17, 15) is 0 Å². The van der Waals surface area contributed by atoms with Crippen molar-refractivity contribution in [3.05, 3.63) is 57.0 Å². The second-order valence-corrected chi connectivity index (χ2v) is 6.20. The lowest BCUT2D eigenvalue weighted by Gasteiger charge is -2.11. The van der Waals surface area contributed by atoms with Crippen LogP contribution in [0.25, 0.3) is 0 Å². The largest absolute Gasteiger partial charge is 0.456 e. The first kappa shape index (κ1) is 16.4. The van der Waals surface area contributed by atoms with Crippen molar-refractivity contribution in [3.8, 4) is 11.5 Å². The number of hydrogen-bond donors (Lipinski definition) is 1. The minimum atomic E-state index is 0.407. The Morgan fingerprint density at radius 3 is 2.19 bits per heavy atom. The average Bonchev–Trinajstić information content (AvgIpc) is 2.44. The minimum absolute atomic E-state index is 0.407. The lowest BCUT2D eigenvalue weighted by Crippen LogP contribution is -2.21. The molecule has 0 saturated carbocycles. The minimum Gasteiger partial charge on any atom is -0.456 e. The van der Waals surface area contributed by atoms with E-state index in [1.165, 1.54) is 5.56 Å². The topological polar surface area (TPSA) is 21.3 Å². The summed E-state index contributed by atoms with van der Waals surface area (Å²) < 4.78 is 5.73. The Labute approximate surface area is 140 Å². The molecule has 2 aromatic rings. The lowest BCUT2D eigenvalue weighted by molar-refractivity contribution is 0.482. The van der Waals surface area contributed by atoms with Gasteiger partial charge in [-0.1, -0.05) is 60.8 Å². The summed E-state index contributed by atoms with van der Waals surface area (Å²) in [5.74, 6) is 1.18. The fourth-order valence-electron chi connectivity index (χ4n) is 1.71. The maximum absolute atomic E-state index is 6.09. The standard InChI is InChI=1S/C16H16Cl3NO/c1-10(2)20-9-11-3-5-12(6-4-11)21-16-8-14(18)13(17)7-15(16)19/h3-8,10,20H,9H2,1-2H3. The lowest BCUT2D eigenvalue weighted by atomic mass is 10.2. The number of hydrogen-bond acceptors (Lipinski definition) is 2. The first-order valence-corrected chi connectivity index (χ1v) is 7.74. The predicted octanol–water partition coefficient (Wildman–Crippen LogP) is 5.94. The molecule has 2 aromatic carbocycles. The van der Waals surface area contributed by atoms with Crippen LogP contribution in [0, 0.1) is 0 Å². The summed E-state index contributed by atoms with van der Waals surface area (Å²) in [5.41, 5.74) is 1.19. The summed E-state index contributed by atoms with van der Waals surface area (Å²) in [7, 11) is 0. The highest BCUT2D eigenvalue weighted by Crippen LogP contribution is 2.36. The van der Waals surface area contributed by atoms with E-state index in [1.807, 2.05) is 24.3 Å². The summed E-state index contributed by atoms with van der Waals surface area (Å²) in [6.07, 6.45) is 0. The van der Waals surface area contributed by atoms with E-state index < -0.39 is 0 Å². The maximum Gasteiger partial charge on any atom is 0.147 e. The van der Waals surface area contributed by atoms with E-state index in [4.69, 9.17) is 39.5 Å². The quantitative estimate of drug-likeness (QED) is 0.678. The van der Waals surface area contributed by atoms with Gasteiger partial charge in [0.2, 0.25) is 0 Å². The molecule has 2 nitrogen and oxygen atoms in total. The van der Waals surface area contributed by atoms with Crippen molar-refractivity contribution in [1.29, 1.82) is 0 Å². The Bertz CT molecular complexity index is 612. The molecule has 0 amide bonds. The normalized spacial score (nSPS) is 11.0. The van der Waals surface area contributed by atoms with Gasteiger partial charge in [0.15, 0.2) is 0 Å². The van der Waals surface area contributed by atoms with Crippen molar-refractivity contribution in [2.24, 2.45) is 0 Å². The number of benzene rings is 2. The summed E-state index contributed by atoms with van der Waals surface area (Å²) in [6, 6.07) is 11.5. The summed E-state index contributed by atoms with van der Waals surface area (Å²) >= 11 is 17.9. The van der Waals surface area contributed by atoms with Gasteiger partial charge in [-0.25, -0.2) is 0 Å². The maximum atomic E-state index is 6.09. The van der Waals surface area contributed by atoms with Gasteiger partial charge in [-0.2, -0.15) is 0 Å². The summed E-state index contributed by atoms with van der Waals surface area (Å²) in [6.45, 7) is 5.05. The highest BCUT2D eigenvalue weighted by molar-refractivity contribution is 6.43. The Hall–Kier alpha value is -0.930. The van der Waals surface area contributed by atoms with Gasteiger partial charge in [-0.15, -0.1) is 0 Å². The van der Waals surface area contributed by atoms with Crippen LogP contribution in [0.4, 0.5) is 0 Å². The van der Waals surface area contributed by atoms with Crippen LogP contribution in [0.2, 0.25) is 15.1 Å². The first-order chi connectivity index (χ1) is 9.95. The molecule has 0 heterocycles. The van der Waals surface area contributed by atoms with Gasteiger partial charge in [0.05, 0.1) is 15.1 Å². The Balaban J connectivity index is 2.08. The van der Waals surface area contributed by atoms with Crippen LogP contribution >= 0.6 is 34.8 Å². The molecule has 21 heavy (non-hydrogen) atoms. The van der Waals surface area contributed by atoms with Gasteiger partial charge in [0.25, 0.3) is 0 Å². The van der Waals surface area contributed by atoms with Crippen LogP contribution in [-0.2, 0) is 6.54 Å². The molecule has 0 saturated heterocycles. The van der Waals surface area contributed by atoms with Crippen molar-refractivity contribution in [3.63, 3.8) is 0 Å².